The van der Waals surface area contributed by atoms with Crippen molar-refractivity contribution in [3.63, 3.8) is 0 Å². The smallest absolute Gasteiger partial charge is 0.0794 e. The second-order valence-electron chi connectivity index (χ2n) is 3.52. The molecule has 0 bridgehead atoms. The van der Waals surface area contributed by atoms with Crippen LogP contribution in [0.25, 0.3) is 0 Å². The molecular weight excluding hydrogens is 192 g/mol. The number of nitrogens with one attached hydrogen (secondary N) is 1. The van der Waals surface area contributed by atoms with Crippen molar-refractivity contribution in [1.29, 1.82) is 0 Å². The van der Waals surface area contributed by atoms with Gasteiger partial charge < -0.3 is 5.32 Å². The number of hydrogen-bond acceptors (Lipinski definition) is 3. The van der Waals surface area contributed by atoms with Crippen LogP contribution in [0.15, 0.2) is 11.7 Å². The van der Waals surface area contributed by atoms with E-state index in [1.807, 2.05) is 11.7 Å². The largest absolute Gasteiger partial charge is 0.309 e. The van der Waals surface area contributed by atoms with Gasteiger partial charge in [-0.1, -0.05) is 33.6 Å². The minimum atomic E-state index is 0.502. The molecule has 0 radical (unpaired) electrons. The van der Waals surface area contributed by atoms with Gasteiger partial charge in [-0.3, -0.25) is 4.98 Å². The Balaban J connectivity index is 2.72. The van der Waals surface area contributed by atoms with Crippen LogP contribution in [0.3, 0.4) is 0 Å². The molecule has 0 saturated carbocycles. The zero-order chi connectivity index (χ0) is 10.4. The van der Waals surface area contributed by atoms with Gasteiger partial charge in [0, 0.05) is 17.1 Å². The molecule has 2 nitrogen and oxygen atoms in total. The quantitative estimate of drug-likeness (QED) is 0.783. The summed E-state index contributed by atoms with van der Waals surface area (Å²) in [6.45, 7) is 7.72. The lowest BCUT2D eigenvalue weighted by molar-refractivity contribution is 0.350. The Morgan fingerprint density at radius 3 is 2.50 bits per heavy atom. The van der Waals surface area contributed by atoms with Crippen LogP contribution in [-0.4, -0.2) is 11.5 Å². The first-order valence-corrected chi connectivity index (χ1v) is 6.33. The maximum absolute atomic E-state index is 4.15. The molecule has 0 aliphatic carbocycles. The summed E-state index contributed by atoms with van der Waals surface area (Å²) in [4.78, 5) is 5.53. The Labute approximate surface area is 90.8 Å². The third-order valence-electron chi connectivity index (χ3n) is 2.70. The lowest BCUT2D eigenvalue weighted by Gasteiger charge is -2.24. The topological polar surface area (TPSA) is 24.9 Å². The molecule has 0 fully saturated rings. The van der Waals surface area contributed by atoms with Crippen LogP contribution in [0.1, 0.15) is 44.5 Å². The average Bonchev–Trinajstić information content (AvgIpc) is 2.71. The van der Waals surface area contributed by atoms with E-state index < -0.39 is 0 Å². The molecule has 1 unspecified atom stereocenters. The first-order valence-electron chi connectivity index (χ1n) is 5.45. The van der Waals surface area contributed by atoms with Gasteiger partial charge >= 0.3 is 0 Å². The summed E-state index contributed by atoms with van der Waals surface area (Å²) in [7, 11) is 0. The van der Waals surface area contributed by atoms with Crippen LogP contribution in [0.5, 0.6) is 0 Å². The van der Waals surface area contributed by atoms with Gasteiger partial charge in [0.1, 0.15) is 0 Å². The zero-order valence-electron chi connectivity index (χ0n) is 9.29. The first kappa shape index (κ1) is 11.7. The van der Waals surface area contributed by atoms with E-state index >= 15 is 0 Å². The third kappa shape index (κ3) is 2.79. The Morgan fingerprint density at radius 1 is 1.36 bits per heavy atom. The van der Waals surface area contributed by atoms with Gasteiger partial charge in [-0.25, -0.2) is 0 Å². The van der Waals surface area contributed by atoms with Crippen molar-refractivity contribution >= 4 is 11.3 Å². The SMILES string of the molecule is CCNC(c1cncs1)C(CC)CC. The molecule has 0 aliphatic rings. The monoisotopic (exact) mass is 212 g/mol. The number of rotatable bonds is 6. The van der Waals surface area contributed by atoms with E-state index in [9.17, 15) is 0 Å². The second-order valence-corrected chi connectivity index (χ2v) is 4.43. The summed E-state index contributed by atoms with van der Waals surface area (Å²) in [6, 6.07) is 0.502. The van der Waals surface area contributed by atoms with Gasteiger partial charge in [-0.2, -0.15) is 0 Å². The van der Waals surface area contributed by atoms with E-state index in [0.717, 1.165) is 12.5 Å². The van der Waals surface area contributed by atoms with Crippen LogP contribution < -0.4 is 5.32 Å². The van der Waals surface area contributed by atoms with Crippen LogP contribution in [0.2, 0.25) is 0 Å². The van der Waals surface area contributed by atoms with Gasteiger partial charge in [0.25, 0.3) is 0 Å². The van der Waals surface area contributed by atoms with Crippen LogP contribution >= 0.6 is 11.3 Å². The van der Waals surface area contributed by atoms with E-state index in [1.54, 1.807) is 11.3 Å². The van der Waals surface area contributed by atoms with Crippen molar-refractivity contribution in [2.24, 2.45) is 5.92 Å². The molecule has 1 N–H and O–H groups in total. The summed E-state index contributed by atoms with van der Waals surface area (Å²) in [5, 5.41) is 3.56. The van der Waals surface area contributed by atoms with Gasteiger partial charge in [0.2, 0.25) is 0 Å². The molecule has 3 heteroatoms. The number of nitrogens with zero attached hydrogens (tertiary/aromatic N) is 1. The van der Waals surface area contributed by atoms with Gasteiger partial charge in [0.05, 0.1) is 5.51 Å². The highest BCUT2D eigenvalue weighted by Gasteiger charge is 2.20. The molecule has 0 aromatic carbocycles. The molecule has 80 valence electrons. The van der Waals surface area contributed by atoms with Crippen molar-refractivity contribution in [3.05, 3.63) is 16.6 Å². The number of aromatic nitrogens is 1. The van der Waals surface area contributed by atoms with Crippen molar-refractivity contribution in [3.8, 4) is 0 Å². The molecule has 1 atom stereocenters. The van der Waals surface area contributed by atoms with Gasteiger partial charge in [0.15, 0.2) is 0 Å². The second kappa shape index (κ2) is 6.14. The molecular formula is C11H20N2S. The Kier molecular flexibility index (Phi) is 5.12. The first-order chi connectivity index (χ1) is 6.83. The molecule has 0 spiro atoms. The minimum Gasteiger partial charge on any atom is -0.309 e. The lowest BCUT2D eigenvalue weighted by atomic mass is 9.93. The average molecular weight is 212 g/mol. The fourth-order valence-corrected chi connectivity index (χ4v) is 2.65. The summed E-state index contributed by atoms with van der Waals surface area (Å²) < 4.78 is 0. The fraction of sp³-hybridized carbons (Fsp3) is 0.727. The highest BCUT2D eigenvalue weighted by molar-refractivity contribution is 7.09. The minimum absolute atomic E-state index is 0.502. The molecule has 14 heavy (non-hydrogen) atoms. The fourth-order valence-electron chi connectivity index (χ4n) is 1.86. The Bertz CT molecular complexity index is 229. The Hall–Kier alpha value is -0.410. The van der Waals surface area contributed by atoms with Crippen LogP contribution in [0, 0.1) is 5.92 Å². The van der Waals surface area contributed by atoms with Gasteiger partial charge in [-0.05, 0) is 12.5 Å². The maximum atomic E-state index is 4.15. The molecule has 1 heterocycles. The molecule has 0 saturated heterocycles. The molecule has 1 aromatic rings. The van der Waals surface area contributed by atoms with Crippen molar-refractivity contribution in [2.45, 2.75) is 39.7 Å². The number of thiazole rings is 1. The third-order valence-corrected chi connectivity index (χ3v) is 3.56. The normalized spacial score (nSPS) is 13.4. The predicted octanol–water partition coefficient (Wildman–Crippen LogP) is 3.23. The van der Waals surface area contributed by atoms with E-state index in [4.69, 9.17) is 0 Å². The van der Waals surface area contributed by atoms with E-state index in [0.29, 0.717) is 6.04 Å². The number of hydrogen-bond donors (Lipinski definition) is 1. The lowest BCUT2D eigenvalue weighted by Crippen LogP contribution is -2.27. The summed E-state index contributed by atoms with van der Waals surface area (Å²) in [5.74, 6) is 0.732. The van der Waals surface area contributed by atoms with E-state index in [1.165, 1.54) is 17.7 Å². The Morgan fingerprint density at radius 2 is 2.07 bits per heavy atom. The molecule has 1 aromatic heterocycles. The van der Waals surface area contributed by atoms with Crippen molar-refractivity contribution in [2.75, 3.05) is 6.54 Å². The summed E-state index contributed by atoms with van der Waals surface area (Å²) in [5.41, 5.74) is 1.92. The van der Waals surface area contributed by atoms with Crippen LogP contribution in [0.4, 0.5) is 0 Å². The highest BCUT2D eigenvalue weighted by atomic mass is 32.1. The van der Waals surface area contributed by atoms with Gasteiger partial charge in [-0.15, -0.1) is 11.3 Å². The van der Waals surface area contributed by atoms with Crippen molar-refractivity contribution < 1.29 is 0 Å². The summed E-state index contributed by atoms with van der Waals surface area (Å²) >= 11 is 1.76. The predicted molar refractivity (Wildman–Crippen MR) is 62.6 cm³/mol. The molecule has 0 aliphatic heterocycles. The maximum Gasteiger partial charge on any atom is 0.0794 e. The standard InChI is InChI=1S/C11H20N2S/c1-4-9(5-2)11(13-6-3)10-7-12-8-14-10/h7-9,11,13H,4-6H2,1-3H3. The van der Waals surface area contributed by atoms with Crippen molar-refractivity contribution in [1.82, 2.24) is 10.3 Å². The van der Waals surface area contributed by atoms with Crippen LogP contribution in [-0.2, 0) is 0 Å². The summed E-state index contributed by atoms with van der Waals surface area (Å²) in [6.07, 6.45) is 4.45. The van der Waals surface area contributed by atoms with E-state index in [-0.39, 0.29) is 0 Å². The van der Waals surface area contributed by atoms with E-state index in [2.05, 4.69) is 31.1 Å². The zero-order valence-corrected chi connectivity index (χ0v) is 10.1. The molecule has 0 amide bonds. The molecule has 1 rings (SSSR count). The highest BCUT2D eigenvalue weighted by Crippen LogP contribution is 2.29.